The van der Waals surface area contributed by atoms with Crippen molar-refractivity contribution < 1.29 is 9.53 Å². The van der Waals surface area contributed by atoms with Gasteiger partial charge in [-0.25, -0.2) is 0 Å². The average molecular weight is 451 g/mol. The van der Waals surface area contributed by atoms with Crippen LogP contribution in [0, 0.1) is 0 Å². The van der Waals surface area contributed by atoms with Gasteiger partial charge in [0.25, 0.3) is 5.91 Å². The van der Waals surface area contributed by atoms with E-state index < -0.39 is 0 Å². The van der Waals surface area contributed by atoms with Crippen molar-refractivity contribution in [2.75, 3.05) is 32.7 Å². The number of amides is 1. The van der Waals surface area contributed by atoms with Crippen LogP contribution in [-0.4, -0.2) is 59.5 Å². The largest absolute Gasteiger partial charge is 0.489 e. The summed E-state index contributed by atoms with van der Waals surface area (Å²) in [4.78, 5) is 22.0. The molecule has 3 heterocycles. The molecule has 1 aromatic carbocycles. The third-order valence-electron chi connectivity index (χ3n) is 5.56. The molecule has 0 bridgehead atoms. The topological polar surface area (TPSA) is 57.7 Å². The van der Waals surface area contributed by atoms with E-state index in [1.165, 1.54) is 22.5 Å². The number of piperazine rings is 1. The number of hydrogen-bond acceptors (Lipinski definition) is 6. The van der Waals surface area contributed by atoms with Crippen LogP contribution in [0.1, 0.15) is 27.7 Å². The summed E-state index contributed by atoms with van der Waals surface area (Å²) in [7, 11) is 0. The first-order chi connectivity index (χ1) is 15.7. The van der Waals surface area contributed by atoms with E-state index in [9.17, 15) is 4.79 Å². The van der Waals surface area contributed by atoms with Crippen molar-refractivity contribution in [2.45, 2.75) is 26.1 Å². The van der Waals surface area contributed by atoms with E-state index in [1.54, 1.807) is 0 Å². The zero-order chi connectivity index (χ0) is 22.2. The van der Waals surface area contributed by atoms with Gasteiger partial charge in [0.2, 0.25) is 0 Å². The zero-order valence-electron chi connectivity index (χ0n) is 18.4. The van der Waals surface area contributed by atoms with E-state index in [0.29, 0.717) is 6.54 Å². The Labute approximate surface area is 193 Å². The van der Waals surface area contributed by atoms with Gasteiger partial charge in [-0.1, -0.05) is 24.3 Å². The number of nitrogens with zero attached hydrogens (tertiary/aromatic N) is 3. The molecule has 1 N–H and O–H groups in total. The van der Waals surface area contributed by atoms with Gasteiger partial charge in [-0.2, -0.15) is 0 Å². The van der Waals surface area contributed by atoms with Crippen molar-refractivity contribution in [3.8, 4) is 5.75 Å². The Morgan fingerprint density at radius 1 is 1.03 bits per heavy atom. The smallest absolute Gasteiger partial charge is 0.261 e. The quantitative estimate of drug-likeness (QED) is 0.539. The summed E-state index contributed by atoms with van der Waals surface area (Å²) in [5, 5.41) is 4.82. The maximum Gasteiger partial charge on any atom is 0.261 e. The maximum atomic E-state index is 12.0. The summed E-state index contributed by atoms with van der Waals surface area (Å²) in [6.07, 6.45) is 3.68. The molecule has 7 heteroatoms. The third kappa shape index (κ3) is 6.63. The van der Waals surface area contributed by atoms with Crippen molar-refractivity contribution in [2.24, 2.45) is 0 Å². The minimum absolute atomic E-state index is 0.0497. The lowest BCUT2D eigenvalue weighted by atomic mass is 10.2. The van der Waals surface area contributed by atoms with Crippen molar-refractivity contribution in [3.05, 3.63) is 82.3 Å². The van der Waals surface area contributed by atoms with Gasteiger partial charge in [-0.15, -0.1) is 11.3 Å². The van der Waals surface area contributed by atoms with Gasteiger partial charge in [0.05, 0.1) is 11.4 Å². The number of hydrogen-bond donors (Lipinski definition) is 1. The van der Waals surface area contributed by atoms with Crippen LogP contribution in [0.25, 0.3) is 0 Å². The lowest BCUT2D eigenvalue weighted by Crippen LogP contribution is -2.45. The summed E-state index contributed by atoms with van der Waals surface area (Å²) in [5.74, 6) is 0.777. The molecule has 0 radical (unpaired) electrons. The average Bonchev–Trinajstić information content (AvgIpc) is 3.36. The number of carbonyl (C=O) groups is 1. The van der Waals surface area contributed by atoms with Crippen molar-refractivity contribution in [1.29, 1.82) is 0 Å². The molecule has 1 aliphatic heterocycles. The highest BCUT2D eigenvalue weighted by molar-refractivity contribution is 7.12. The molecule has 3 aromatic rings. The molecule has 1 saturated heterocycles. The lowest BCUT2D eigenvalue weighted by Gasteiger charge is -2.34. The highest BCUT2D eigenvalue weighted by Crippen LogP contribution is 2.17. The van der Waals surface area contributed by atoms with Gasteiger partial charge in [0.15, 0.2) is 0 Å². The number of nitrogens with one attached hydrogen (secondary N) is 1. The molecule has 1 aliphatic rings. The van der Waals surface area contributed by atoms with Crippen LogP contribution in [0.15, 0.2) is 66.3 Å². The number of ether oxygens (including phenoxy) is 1. The normalized spacial score (nSPS) is 15.9. The highest BCUT2D eigenvalue weighted by atomic mass is 32.1. The van der Waals surface area contributed by atoms with E-state index in [-0.39, 0.29) is 12.0 Å². The number of thiophene rings is 1. The Kier molecular flexibility index (Phi) is 7.87. The molecule has 168 valence electrons. The molecule has 1 atom stereocenters. The maximum absolute atomic E-state index is 12.0. The van der Waals surface area contributed by atoms with Crippen LogP contribution in [0.4, 0.5) is 0 Å². The lowest BCUT2D eigenvalue weighted by molar-refractivity contribution is 0.0936. The number of carbonyl (C=O) groups excluding carboxylic acids is 1. The SMILES string of the molecule is CC(CNC(=O)c1cccs1)Oc1ccc(CN2CCN(Cc3cccnc3)CC2)cc1. The third-order valence-corrected chi connectivity index (χ3v) is 6.42. The molecule has 1 unspecified atom stereocenters. The van der Waals surface area contributed by atoms with Crippen LogP contribution in [0.3, 0.4) is 0 Å². The fraction of sp³-hybridized carbons (Fsp3) is 0.360. The molecular weight excluding hydrogens is 420 g/mol. The van der Waals surface area contributed by atoms with E-state index in [0.717, 1.165) is 49.9 Å². The number of rotatable bonds is 9. The Morgan fingerprint density at radius 3 is 2.38 bits per heavy atom. The standard InChI is InChI=1S/C25H30N4O2S/c1-20(16-27-25(30)24-5-3-15-32-24)31-23-8-6-21(7-9-23)18-28-11-13-29(14-12-28)19-22-4-2-10-26-17-22/h2-10,15,17,20H,11-14,16,18-19H2,1H3,(H,27,30). The van der Waals surface area contributed by atoms with E-state index in [4.69, 9.17) is 4.74 Å². The minimum atomic E-state index is -0.0994. The summed E-state index contributed by atoms with van der Waals surface area (Å²) in [6.45, 7) is 8.65. The molecular formula is C25H30N4O2S. The van der Waals surface area contributed by atoms with Crippen molar-refractivity contribution in [1.82, 2.24) is 20.1 Å². The molecule has 0 spiro atoms. The Hall–Kier alpha value is -2.74. The summed E-state index contributed by atoms with van der Waals surface area (Å²) < 4.78 is 5.96. The van der Waals surface area contributed by atoms with Crippen LogP contribution in [-0.2, 0) is 13.1 Å². The number of aromatic nitrogens is 1. The van der Waals surface area contributed by atoms with Gasteiger partial charge in [-0.3, -0.25) is 19.6 Å². The van der Waals surface area contributed by atoms with Crippen LogP contribution >= 0.6 is 11.3 Å². The van der Waals surface area contributed by atoms with Crippen LogP contribution in [0.5, 0.6) is 5.75 Å². The Balaban J connectivity index is 1.17. The molecule has 2 aromatic heterocycles. The number of pyridine rings is 1. The van der Waals surface area contributed by atoms with Crippen LogP contribution in [0.2, 0.25) is 0 Å². The van der Waals surface area contributed by atoms with Gasteiger partial charge < -0.3 is 10.1 Å². The van der Waals surface area contributed by atoms with E-state index in [2.05, 4.69) is 38.3 Å². The Morgan fingerprint density at radius 2 is 1.75 bits per heavy atom. The summed E-state index contributed by atoms with van der Waals surface area (Å²) in [6, 6.07) is 16.1. The molecule has 0 aliphatic carbocycles. The highest BCUT2D eigenvalue weighted by Gasteiger charge is 2.17. The van der Waals surface area contributed by atoms with Crippen LogP contribution < -0.4 is 10.1 Å². The van der Waals surface area contributed by atoms with Crippen molar-refractivity contribution in [3.63, 3.8) is 0 Å². The zero-order valence-corrected chi connectivity index (χ0v) is 19.3. The molecule has 32 heavy (non-hydrogen) atoms. The van der Waals surface area contributed by atoms with Gasteiger partial charge in [0.1, 0.15) is 11.9 Å². The first kappa shape index (κ1) is 22.5. The first-order valence-electron chi connectivity index (χ1n) is 11.1. The second kappa shape index (κ2) is 11.2. The predicted octanol–water partition coefficient (Wildman–Crippen LogP) is 3.66. The van der Waals surface area contributed by atoms with Gasteiger partial charge in [-0.05, 0) is 47.7 Å². The van der Waals surface area contributed by atoms with Crippen molar-refractivity contribution >= 4 is 17.2 Å². The second-order valence-corrected chi connectivity index (χ2v) is 9.12. The van der Waals surface area contributed by atoms with E-state index in [1.807, 2.05) is 55.0 Å². The first-order valence-corrected chi connectivity index (χ1v) is 11.9. The monoisotopic (exact) mass is 450 g/mol. The summed E-state index contributed by atoms with van der Waals surface area (Å²) in [5.41, 5.74) is 2.56. The molecule has 1 fully saturated rings. The second-order valence-electron chi connectivity index (χ2n) is 8.17. The number of benzene rings is 1. The molecule has 1 amide bonds. The predicted molar refractivity (Wildman–Crippen MR) is 128 cm³/mol. The fourth-order valence-corrected chi connectivity index (χ4v) is 4.43. The Bertz CT molecular complexity index is 955. The molecule has 4 rings (SSSR count). The van der Waals surface area contributed by atoms with E-state index >= 15 is 0 Å². The van der Waals surface area contributed by atoms with Gasteiger partial charge in [0, 0.05) is 51.7 Å². The van der Waals surface area contributed by atoms with Gasteiger partial charge >= 0.3 is 0 Å². The molecule has 0 saturated carbocycles. The minimum Gasteiger partial charge on any atom is -0.489 e. The summed E-state index contributed by atoms with van der Waals surface area (Å²) >= 11 is 1.44. The fourth-order valence-electron chi connectivity index (χ4n) is 3.79. The molecule has 6 nitrogen and oxygen atoms in total.